The van der Waals surface area contributed by atoms with Gasteiger partial charge in [-0.15, -0.1) is 10.2 Å². The molecule has 0 atom stereocenters. The molecule has 2 N–H and O–H groups in total. The minimum absolute atomic E-state index is 0.675. The molecule has 4 heterocycles. The smallest absolute Gasteiger partial charge is 0.161 e. The number of hydrogen-bond acceptors (Lipinski definition) is 7. The fourth-order valence-corrected chi connectivity index (χ4v) is 3.28. The van der Waals surface area contributed by atoms with Gasteiger partial charge in [0.1, 0.15) is 23.0 Å². The zero-order valence-electron chi connectivity index (χ0n) is 16.7. The van der Waals surface area contributed by atoms with Gasteiger partial charge in [0.2, 0.25) is 0 Å². The van der Waals surface area contributed by atoms with E-state index in [9.17, 15) is 0 Å². The number of hydrogen-bond donors (Lipinski definition) is 2. The summed E-state index contributed by atoms with van der Waals surface area (Å²) in [6, 6.07) is 11.9. The molecule has 9 heteroatoms. The van der Waals surface area contributed by atoms with Crippen LogP contribution in [-0.4, -0.2) is 39.9 Å². The molecule has 0 saturated carbocycles. The molecule has 0 unspecified atom stereocenters. The number of H-pyrrole nitrogens is 1. The van der Waals surface area contributed by atoms with Gasteiger partial charge in [-0.3, -0.25) is 9.67 Å². The van der Waals surface area contributed by atoms with E-state index in [-0.39, 0.29) is 0 Å². The molecule has 0 aliphatic rings. The molecule has 5 aromatic rings. The third-order valence-corrected chi connectivity index (χ3v) is 4.76. The van der Waals surface area contributed by atoms with Gasteiger partial charge in [0.15, 0.2) is 5.82 Å². The topological polar surface area (TPSA) is 110 Å². The number of anilines is 2. The van der Waals surface area contributed by atoms with Crippen LogP contribution in [-0.2, 0) is 7.05 Å². The van der Waals surface area contributed by atoms with Gasteiger partial charge in [-0.1, -0.05) is 0 Å². The maximum atomic E-state index is 4.58. The van der Waals surface area contributed by atoms with Gasteiger partial charge in [0.05, 0.1) is 17.4 Å². The Bertz CT molecular complexity index is 1350. The van der Waals surface area contributed by atoms with Crippen molar-refractivity contribution < 1.29 is 0 Å². The van der Waals surface area contributed by atoms with Crippen molar-refractivity contribution >= 4 is 22.5 Å². The van der Waals surface area contributed by atoms with E-state index in [1.807, 2.05) is 63.5 Å². The summed E-state index contributed by atoms with van der Waals surface area (Å²) >= 11 is 0. The molecule has 1 aromatic carbocycles. The molecule has 0 radical (unpaired) electrons. The van der Waals surface area contributed by atoms with E-state index in [1.165, 1.54) is 0 Å². The maximum Gasteiger partial charge on any atom is 0.161 e. The zero-order valence-corrected chi connectivity index (χ0v) is 16.7. The van der Waals surface area contributed by atoms with E-state index >= 15 is 0 Å². The third kappa shape index (κ3) is 3.37. The Hall–Kier alpha value is -4.14. The molecule has 0 fully saturated rings. The first-order valence-electron chi connectivity index (χ1n) is 9.46. The third-order valence-electron chi connectivity index (χ3n) is 4.76. The zero-order chi connectivity index (χ0) is 20.7. The molecule has 4 aromatic heterocycles. The van der Waals surface area contributed by atoms with Crippen molar-refractivity contribution in [1.82, 2.24) is 39.9 Å². The van der Waals surface area contributed by atoms with Crippen LogP contribution in [0.15, 0.2) is 48.8 Å². The van der Waals surface area contributed by atoms with E-state index in [2.05, 4.69) is 40.5 Å². The van der Waals surface area contributed by atoms with Crippen molar-refractivity contribution in [2.24, 2.45) is 7.05 Å². The summed E-state index contributed by atoms with van der Waals surface area (Å²) in [6.45, 7) is 3.75. The second-order valence-corrected chi connectivity index (χ2v) is 7.04. The highest BCUT2D eigenvalue weighted by atomic mass is 15.3. The number of aryl methyl sites for hydroxylation is 3. The molecule has 30 heavy (non-hydrogen) atoms. The molecule has 148 valence electrons. The van der Waals surface area contributed by atoms with Crippen LogP contribution in [0, 0.1) is 13.8 Å². The summed E-state index contributed by atoms with van der Waals surface area (Å²) < 4.78 is 1.80. The first-order valence-corrected chi connectivity index (χ1v) is 9.46. The van der Waals surface area contributed by atoms with Crippen LogP contribution >= 0.6 is 0 Å². The lowest BCUT2D eigenvalue weighted by Gasteiger charge is -2.09. The summed E-state index contributed by atoms with van der Waals surface area (Å²) in [4.78, 5) is 16.7. The lowest BCUT2D eigenvalue weighted by Crippen LogP contribution is -1.99. The lowest BCUT2D eigenvalue weighted by atomic mass is 10.1. The predicted octanol–water partition coefficient (Wildman–Crippen LogP) is 3.57. The van der Waals surface area contributed by atoms with E-state index < -0.39 is 0 Å². The van der Waals surface area contributed by atoms with Crippen LogP contribution in [0.1, 0.15) is 11.6 Å². The van der Waals surface area contributed by atoms with Crippen molar-refractivity contribution in [2.45, 2.75) is 13.8 Å². The van der Waals surface area contributed by atoms with Crippen molar-refractivity contribution in [3.05, 3.63) is 60.4 Å². The molecule has 0 spiro atoms. The van der Waals surface area contributed by atoms with Gasteiger partial charge in [-0.05, 0) is 44.2 Å². The van der Waals surface area contributed by atoms with Crippen LogP contribution in [0.5, 0.6) is 0 Å². The molecule has 0 saturated heterocycles. The van der Waals surface area contributed by atoms with Gasteiger partial charge in [0.25, 0.3) is 0 Å². The van der Waals surface area contributed by atoms with Crippen molar-refractivity contribution in [1.29, 1.82) is 0 Å². The average Bonchev–Trinajstić information content (AvgIpc) is 3.34. The van der Waals surface area contributed by atoms with Gasteiger partial charge in [-0.25, -0.2) is 9.97 Å². The number of fused-ring (bicyclic) bond motifs is 1. The highest BCUT2D eigenvalue weighted by molar-refractivity contribution is 5.80. The molecule has 9 nitrogen and oxygen atoms in total. The Morgan fingerprint density at radius 2 is 1.77 bits per heavy atom. The molecule has 0 bridgehead atoms. The normalized spacial score (nSPS) is 11.2. The van der Waals surface area contributed by atoms with Crippen LogP contribution in [0.3, 0.4) is 0 Å². The quantitative estimate of drug-likeness (QED) is 0.477. The first kappa shape index (κ1) is 17.9. The Morgan fingerprint density at radius 3 is 2.53 bits per heavy atom. The molecular formula is C21H19N9. The standard InChI is InChI=1S/C21H19N9/c1-12-24-17(15-8-19-18(22-10-15)11-23-30(19)3)9-20(25-12)27-16-6-4-14(5-7-16)21-26-13(2)28-29-21/h4-11H,1-3H3,(H,24,25,27)(H,26,28,29). The number of rotatable bonds is 4. The minimum atomic E-state index is 0.675. The summed E-state index contributed by atoms with van der Waals surface area (Å²) in [5.74, 6) is 2.92. The van der Waals surface area contributed by atoms with Crippen molar-refractivity contribution in [3.8, 4) is 22.6 Å². The van der Waals surface area contributed by atoms with Gasteiger partial charge < -0.3 is 10.3 Å². The number of pyridine rings is 1. The average molecular weight is 397 g/mol. The predicted molar refractivity (Wildman–Crippen MR) is 114 cm³/mol. The highest BCUT2D eigenvalue weighted by Crippen LogP contribution is 2.25. The number of nitrogens with one attached hydrogen (secondary N) is 2. The Kier molecular flexibility index (Phi) is 4.20. The Balaban J connectivity index is 1.43. The molecule has 0 aliphatic heterocycles. The van der Waals surface area contributed by atoms with Crippen LogP contribution in [0.25, 0.3) is 33.7 Å². The second-order valence-electron chi connectivity index (χ2n) is 7.04. The van der Waals surface area contributed by atoms with E-state index in [1.54, 1.807) is 10.9 Å². The SMILES string of the molecule is Cc1nc(Nc2ccc(-c3nnc(C)[nH]3)cc2)cc(-c2cnc3cnn(C)c3c2)n1. The fraction of sp³-hybridized carbons (Fsp3) is 0.143. The monoisotopic (exact) mass is 397 g/mol. The number of benzene rings is 1. The second kappa shape index (κ2) is 7.03. The van der Waals surface area contributed by atoms with Crippen molar-refractivity contribution in [3.63, 3.8) is 0 Å². The van der Waals surface area contributed by atoms with Crippen LogP contribution < -0.4 is 5.32 Å². The number of aromatic nitrogens is 8. The van der Waals surface area contributed by atoms with Crippen molar-refractivity contribution in [2.75, 3.05) is 5.32 Å². The van der Waals surface area contributed by atoms with E-state index in [0.717, 1.165) is 45.2 Å². The lowest BCUT2D eigenvalue weighted by molar-refractivity contribution is 0.797. The number of aromatic amines is 1. The summed E-state index contributed by atoms with van der Waals surface area (Å²) in [7, 11) is 1.90. The summed E-state index contributed by atoms with van der Waals surface area (Å²) in [6.07, 6.45) is 3.56. The summed E-state index contributed by atoms with van der Waals surface area (Å²) in [5.41, 5.74) is 5.41. The molecular weight excluding hydrogens is 378 g/mol. The van der Waals surface area contributed by atoms with Gasteiger partial charge in [0, 0.05) is 36.1 Å². The maximum absolute atomic E-state index is 4.58. The van der Waals surface area contributed by atoms with E-state index in [0.29, 0.717) is 11.6 Å². The van der Waals surface area contributed by atoms with E-state index in [4.69, 9.17) is 0 Å². The minimum Gasteiger partial charge on any atom is -0.340 e. The van der Waals surface area contributed by atoms with Gasteiger partial charge in [-0.2, -0.15) is 5.10 Å². The van der Waals surface area contributed by atoms with Gasteiger partial charge >= 0.3 is 0 Å². The largest absolute Gasteiger partial charge is 0.340 e. The number of nitrogens with zero attached hydrogens (tertiary/aromatic N) is 7. The molecule has 0 aliphatic carbocycles. The Labute approximate surface area is 172 Å². The fourth-order valence-electron chi connectivity index (χ4n) is 3.28. The highest BCUT2D eigenvalue weighted by Gasteiger charge is 2.09. The van der Waals surface area contributed by atoms with Crippen LogP contribution in [0.4, 0.5) is 11.5 Å². The molecule has 0 amide bonds. The van der Waals surface area contributed by atoms with Crippen LogP contribution in [0.2, 0.25) is 0 Å². The molecule has 5 rings (SSSR count). The first-order chi connectivity index (χ1) is 14.5. The Morgan fingerprint density at radius 1 is 0.933 bits per heavy atom. The summed E-state index contributed by atoms with van der Waals surface area (Å²) in [5, 5.41) is 15.7.